The minimum absolute atomic E-state index is 0.0527. The minimum Gasteiger partial charge on any atom is -0.360 e. The van der Waals surface area contributed by atoms with Crippen LogP contribution in [-0.4, -0.2) is 36.0 Å². The maximum absolute atomic E-state index is 6.11. The zero-order valence-electron chi connectivity index (χ0n) is 17.1. The third-order valence-electron chi connectivity index (χ3n) is 4.82. The molecule has 5 nitrogen and oxygen atoms in total. The van der Waals surface area contributed by atoms with Crippen LogP contribution in [0.5, 0.6) is 0 Å². The number of aryl methyl sites for hydroxylation is 1. The Bertz CT molecular complexity index is 951. The molecule has 0 aliphatic rings. The van der Waals surface area contributed by atoms with E-state index in [0.717, 1.165) is 45.0 Å². The van der Waals surface area contributed by atoms with E-state index < -0.39 is 8.07 Å². The molecule has 1 atom stereocenters. The van der Waals surface area contributed by atoms with Crippen LogP contribution in [0.3, 0.4) is 0 Å². The third-order valence-corrected chi connectivity index (χ3v) is 6.97. The van der Waals surface area contributed by atoms with Crippen molar-refractivity contribution < 1.29 is 4.74 Å². The van der Waals surface area contributed by atoms with Crippen LogP contribution in [0.15, 0.2) is 41.1 Å². The SMILES string of the molecule is Cc1cc(C(CN)c2cccc(Br)n2)cc2cn(COCC[Si](C)(C)C)nc12. The van der Waals surface area contributed by atoms with Gasteiger partial charge in [-0.25, -0.2) is 9.67 Å². The highest BCUT2D eigenvalue weighted by atomic mass is 79.9. The smallest absolute Gasteiger partial charge is 0.139 e. The Labute approximate surface area is 176 Å². The lowest BCUT2D eigenvalue weighted by Crippen LogP contribution is -2.22. The summed E-state index contributed by atoms with van der Waals surface area (Å²) in [4.78, 5) is 4.60. The second-order valence-corrected chi connectivity index (χ2v) is 14.9. The molecule has 0 spiro atoms. The summed E-state index contributed by atoms with van der Waals surface area (Å²) in [5, 5.41) is 5.82. The summed E-state index contributed by atoms with van der Waals surface area (Å²) < 4.78 is 8.56. The standard InChI is InChI=1S/C21H29BrN4OSi/c1-15-10-16(18(12-23)19-6-5-7-20(22)24-19)11-17-13-26(25-21(15)17)14-27-8-9-28(2,3)4/h5-7,10-11,13,18H,8-9,12,14,23H2,1-4H3. The molecule has 2 N–H and O–H groups in total. The highest BCUT2D eigenvalue weighted by Crippen LogP contribution is 2.28. The van der Waals surface area contributed by atoms with Crippen LogP contribution in [0.4, 0.5) is 0 Å². The van der Waals surface area contributed by atoms with E-state index in [-0.39, 0.29) is 5.92 Å². The molecule has 3 rings (SSSR count). The van der Waals surface area contributed by atoms with E-state index in [9.17, 15) is 0 Å². The molecule has 0 bridgehead atoms. The molecule has 3 aromatic rings. The van der Waals surface area contributed by atoms with Crippen molar-refractivity contribution in [2.24, 2.45) is 5.73 Å². The summed E-state index contributed by atoms with van der Waals surface area (Å²) in [6, 6.07) is 11.5. The first-order valence-corrected chi connectivity index (χ1v) is 14.1. The van der Waals surface area contributed by atoms with E-state index >= 15 is 0 Å². The lowest BCUT2D eigenvalue weighted by Gasteiger charge is -2.16. The van der Waals surface area contributed by atoms with Crippen molar-refractivity contribution in [1.82, 2.24) is 14.8 Å². The van der Waals surface area contributed by atoms with Gasteiger partial charge in [0, 0.05) is 38.7 Å². The topological polar surface area (TPSA) is 66.0 Å². The number of hydrogen-bond acceptors (Lipinski definition) is 4. The number of hydrogen-bond donors (Lipinski definition) is 1. The van der Waals surface area contributed by atoms with Crippen LogP contribution in [0, 0.1) is 6.92 Å². The molecule has 2 heterocycles. The molecule has 2 aromatic heterocycles. The van der Waals surface area contributed by atoms with Crippen molar-refractivity contribution in [2.75, 3.05) is 13.2 Å². The molecule has 0 fully saturated rings. The molecular weight excluding hydrogens is 432 g/mol. The van der Waals surface area contributed by atoms with Crippen LogP contribution in [0.2, 0.25) is 25.7 Å². The normalized spacial score (nSPS) is 13.2. The van der Waals surface area contributed by atoms with E-state index in [1.54, 1.807) is 0 Å². The highest BCUT2D eigenvalue weighted by molar-refractivity contribution is 9.10. The van der Waals surface area contributed by atoms with Crippen molar-refractivity contribution in [1.29, 1.82) is 0 Å². The van der Waals surface area contributed by atoms with Gasteiger partial charge in [0.25, 0.3) is 0 Å². The first-order valence-electron chi connectivity index (χ1n) is 9.65. The fourth-order valence-corrected chi connectivity index (χ4v) is 4.35. The van der Waals surface area contributed by atoms with Gasteiger partial charge in [-0.1, -0.05) is 31.8 Å². The monoisotopic (exact) mass is 460 g/mol. The second kappa shape index (κ2) is 8.86. The Morgan fingerprint density at radius 1 is 1.25 bits per heavy atom. The van der Waals surface area contributed by atoms with Gasteiger partial charge in [0.2, 0.25) is 0 Å². The fraction of sp³-hybridized carbons (Fsp3) is 0.429. The molecule has 28 heavy (non-hydrogen) atoms. The fourth-order valence-electron chi connectivity index (χ4n) is 3.24. The van der Waals surface area contributed by atoms with Gasteiger partial charge in [-0.3, -0.25) is 0 Å². The highest BCUT2D eigenvalue weighted by Gasteiger charge is 2.17. The number of ether oxygens (including phenoxy) is 1. The van der Waals surface area contributed by atoms with Crippen LogP contribution >= 0.6 is 15.9 Å². The first-order chi connectivity index (χ1) is 13.3. The maximum atomic E-state index is 6.11. The lowest BCUT2D eigenvalue weighted by atomic mass is 9.93. The van der Waals surface area contributed by atoms with Gasteiger partial charge in [0.1, 0.15) is 11.3 Å². The Morgan fingerprint density at radius 3 is 2.71 bits per heavy atom. The van der Waals surface area contributed by atoms with Crippen LogP contribution < -0.4 is 5.73 Å². The number of pyridine rings is 1. The van der Waals surface area contributed by atoms with Gasteiger partial charge in [-0.2, -0.15) is 5.10 Å². The molecule has 1 aromatic carbocycles. The van der Waals surface area contributed by atoms with Crippen molar-refractivity contribution in [2.45, 2.75) is 45.3 Å². The van der Waals surface area contributed by atoms with Gasteiger partial charge in [0.15, 0.2) is 0 Å². The van der Waals surface area contributed by atoms with Crippen molar-refractivity contribution >= 4 is 34.9 Å². The lowest BCUT2D eigenvalue weighted by molar-refractivity contribution is 0.0791. The number of aromatic nitrogens is 3. The molecule has 0 saturated carbocycles. The van der Waals surface area contributed by atoms with Crippen LogP contribution in [0.25, 0.3) is 10.9 Å². The Kier molecular flexibility index (Phi) is 6.70. The second-order valence-electron chi connectivity index (χ2n) is 8.47. The summed E-state index contributed by atoms with van der Waals surface area (Å²) in [5.41, 5.74) is 10.4. The number of fused-ring (bicyclic) bond motifs is 1. The van der Waals surface area contributed by atoms with E-state index in [0.29, 0.717) is 13.3 Å². The summed E-state index contributed by atoms with van der Waals surface area (Å²) >= 11 is 3.46. The number of rotatable bonds is 8. The summed E-state index contributed by atoms with van der Waals surface area (Å²) in [6.07, 6.45) is 2.06. The molecule has 0 aliphatic heterocycles. The number of nitrogens with zero attached hydrogens (tertiary/aromatic N) is 3. The number of nitrogens with two attached hydrogens (primary N) is 1. The number of benzene rings is 1. The van der Waals surface area contributed by atoms with Crippen molar-refractivity contribution in [3.63, 3.8) is 0 Å². The van der Waals surface area contributed by atoms with Gasteiger partial charge in [-0.05, 0) is 58.2 Å². The van der Waals surface area contributed by atoms with Gasteiger partial charge < -0.3 is 10.5 Å². The summed E-state index contributed by atoms with van der Waals surface area (Å²) in [7, 11) is -1.07. The number of halogens is 1. The van der Waals surface area contributed by atoms with E-state index in [1.165, 1.54) is 0 Å². The van der Waals surface area contributed by atoms with Crippen LogP contribution in [-0.2, 0) is 11.5 Å². The molecule has 0 amide bonds. The molecule has 150 valence electrons. The summed E-state index contributed by atoms with van der Waals surface area (Å²) in [5.74, 6) is 0.0527. The minimum atomic E-state index is -1.07. The zero-order chi connectivity index (χ0) is 20.3. The summed E-state index contributed by atoms with van der Waals surface area (Å²) in [6.45, 7) is 11.0. The molecule has 0 saturated heterocycles. The van der Waals surface area contributed by atoms with Crippen LogP contribution in [0.1, 0.15) is 22.7 Å². The maximum Gasteiger partial charge on any atom is 0.139 e. The predicted molar refractivity (Wildman–Crippen MR) is 121 cm³/mol. The van der Waals surface area contributed by atoms with Crippen molar-refractivity contribution in [3.05, 3.63) is 58.0 Å². The average Bonchev–Trinajstić information content (AvgIpc) is 3.02. The van der Waals surface area contributed by atoms with E-state index in [2.05, 4.69) is 65.8 Å². The van der Waals surface area contributed by atoms with Crippen molar-refractivity contribution in [3.8, 4) is 0 Å². The predicted octanol–water partition coefficient (Wildman–Crippen LogP) is 4.91. The Balaban J connectivity index is 1.82. The molecular formula is C21H29BrN4OSi. The quantitative estimate of drug-likeness (QED) is 0.294. The molecule has 7 heteroatoms. The molecule has 0 aliphatic carbocycles. The third kappa shape index (κ3) is 5.29. The zero-order valence-corrected chi connectivity index (χ0v) is 19.7. The Morgan fingerprint density at radius 2 is 2.04 bits per heavy atom. The molecule has 1 unspecified atom stereocenters. The molecule has 0 radical (unpaired) electrons. The van der Waals surface area contributed by atoms with E-state index in [4.69, 9.17) is 15.6 Å². The largest absolute Gasteiger partial charge is 0.360 e. The van der Waals surface area contributed by atoms with Gasteiger partial charge in [-0.15, -0.1) is 0 Å². The van der Waals surface area contributed by atoms with Gasteiger partial charge in [0.05, 0.1) is 11.2 Å². The first kappa shape index (κ1) is 21.2. The van der Waals surface area contributed by atoms with Gasteiger partial charge >= 0.3 is 0 Å². The Hall–Kier alpha value is -1.54. The average molecular weight is 461 g/mol. The van der Waals surface area contributed by atoms with E-state index in [1.807, 2.05) is 22.9 Å².